The molecule has 3 nitrogen and oxygen atoms in total. The minimum atomic E-state index is 0.673. The first-order chi connectivity index (χ1) is 7.54. The Morgan fingerprint density at radius 2 is 2.12 bits per heavy atom. The molecule has 0 unspecified atom stereocenters. The normalized spacial score (nSPS) is 11.1. The van der Waals surface area contributed by atoms with Crippen LogP contribution in [0.25, 0.3) is 0 Å². The van der Waals surface area contributed by atoms with Crippen molar-refractivity contribution >= 4 is 16.5 Å². The van der Waals surface area contributed by atoms with E-state index in [9.17, 15) is 0 Å². The lowest BCUT2D eigenvalue weighted by Gasteiger charge is -2.17. The Balaban J connectivity index is 2.67. The smallest absolute Gasteiger partial charge is 0.185 e. The Kier molecular flexibility index (Phi) is 5.22. The van der Waals surface area contributed by atoms with Crippen molar-refractivity contribution in [2.75, 3.05) is 25.0 Å². The van der Waals surface area contributed by atoms with Gasteiger partial charge in [0.05, 0.1) is 5.69 Å². The molecule has 0 saturated carbocycles. The molecule has 0 spiro atoms. The third-order valence-electron chi connectivity index (χ3n) is 2.38. The molecule has 0 amide bonds. The van der Waals surface area contributed by atoms with Gasteiger partial charge in [0, 0.05) is 25.0 Å². The van der Waals surface area contributed by atoms with Crippen molar-refractivity contribution in [3.05, 3.63) is 10.6 Å². The molecule has 16 heavy (non-hydrogen) atoms. The fraction of sp³-hybridized carbons (Fsp3) is 0.750. The van der Waals surface area contributed by atoms with E-state index in [-0.39, 0.29) is 0 Å². The number of aryl methyl sites for hydroxylation is 1. The van der Waals surface area contributed by atoms with Gasteiger partial charge in [-0.05, 0) is 19.4 Å². The van der Waals surface area contributed by atoms with Gasteiger partial charge in [0.15, 0.2) is 5.13 Å². The van der Waals surface area contributed by atoms with Crippen LogP contribution in [-0.4, -0.2) is 25.1 Å². The Bertz CT molecular complexity index is 320. The Labute approximate surface area is 103 Å². The fourth-order valence-electron chi connectivity index (χ4n) is 1.60. The lowest BCUT2D eigenvalue weighted by molar-refractivity contribution is 0.637. The van der Waals surface area contributed by atoms with Gasteiger partial charge in [-0.2, -0.15) is 0 Å². The van der Waals surface area contributed by atoms with E-state index < -0.39 is 0 Å². The molecule has 1 heterocycles. The average Bonchev–Trinajstić information content (AvgIpc) is 2.56. The number of anilines is 1. The Morgan fingerprint density at radius 1 is 1.44 bits per heavy atom. The molecule has 0 saturated heterocycles. The van der Waals surface area contributed by atoms with Crippen molar-refractivity contribution in [2.45, 2.75) is 34.2 Å². The zero-order chi connectivity index (χ0) is 12.1. The van der Waals surface area contributed by atoms with Crippen LogP contribution in [0.5, 0.6) is 0 Å². The summed E-state index contributed by atoms with van der Waals surface area (Å²) in [6.07, 6.45) is 0. The van der Waals surface area contributed by atoms with Crippen LogP contribution < -0.4 is 10.2 Å². The quantitative estimate of drug-likeness (QED) is 0.830. The van der Waals surface area contributed by atoms with E-state index in [0.29, 0.717) is 5.92 Å². The molecule has 0 fully saturated rings. The number of hydrogen-bond donors (Lipinski definition) is 1. The predicted molar refractivity (Wildman–Crippen MR) is 72.3 cm³/mol. The SMILES string of the molecule is CCNCc1sc(N(C)CC(C)C)nc1C. The first kappa shape index (κ1) is 13.5. The van der Waals surface area contributed by atoms with Gasteiger partial charge in [0.25, 0.3) is 0 Å². The van der Waals surface area contributed by atoms with E-state index in [1.165, 1.54) is 4.88 Å². The highest BCUT2D eigenvalue weighted by atomic mass is 32.1. The van der Waals surface area contributed by atoms with Crippen molar-refractivity contribution in [3.63, 3.8) is 0 Å². The minimum Gasteiger partial charge on any atom is -0.351 e. The zero-order valence-electron chi connectivity index (χ0n) is 11.0. The average molecular weight is 241 g/mol. The maximum Gasteiger partial charge on any atom is 0.185 e. The van der Waals surface area contributed by atoms with E-state index in [4.69, 9.17) is 0 Å². The topological polar surface area (TPSA) is 28.2 Å². The molecule has 1 N–H and O–H groups in total. The van der Waals surface area contributed by atoms with E-state index in [0.717, 1.165) is 30.5 Å². The van der Waals surface area contributed by atoms with Crippen LogP contribution in [0, 0.1) is 12.8 Å². The molecule has 1 rings (SSSR count). The first-order valence-corrected chi connectivity index (χ1v) is 6.74. The summed E-state index contributed by atoms with van der Waals surface area (Å²) < 4.78 is 0. The molecule has 0 aromatic carbocycles. The molecule has 1 aromatic heterocycles. The molecular formula is C12H23N3S. The first-order valence-electron chi connectivity index (χ1n) is 5.92. The number of thiazole rings is 1. The van der Waals surface area contributed by atoms with Crippen LogP contribution in [0.4, 0.5) is 5.13 Å². The molecule has 0 aliphatic heterocycles. The second kappa shape index (κ2) is 6.21. The zero-order valence-corrected chi connectivity index (χ0v) is 11.8. The lowest BCUT2D eigenvalue weighted by atomic mass is 10.2. The Morgan fingerprint density at radius 3 is 2.69 bits per heavy atom. The van der Waals surface area contributed by atoms with Crippen LogP contribution >= 0.6 is 11.3 Å². The molecular weight excluding hydrogens is 218 g/mol. The number of rotatable bonds is 6. The van der Waals surface area contributed by atoms with Crippen molar-refractivity contribution < 1.29 is 0 Å². The van der Waals surface area contributed by atoms with Gasteiger partial charge >= 0.3 is 0 Å². The summed E-state index contributed by atoms with van der Waals surface area (Å²) >= 11 is 1.80. The standard InChI is InChI=1S/C12H23N3S/c1-6-13-7-11-10(4)14-12(16-11)15(5)8-9(2)3/h9,13H,6-8H2,1-5H3. The number of nitrogens with zero attached hydrogens (tertiary/aromatic N) is 2. The summed E-state index contributed by atoms with van der Waals surface area (Å²) in [5, 5.41) is 4.49. The van der Waals surface area contributed by atoms with Gasteiger partial charge in [-0.3, -0.25) is 0 Å². The second-order valence-corrected chi connectivity index (χ2v) is 5.62. The molecule has 1 aromatic rings. The van der Waals surface area contributed by atoms with Crippen LogP contribution in [0.2, 0.25) is 0 Å². The third-order valence-corrected chi connectivity index (χ3v) is 3.65. The monoisotopic (exact) mass is 241 g/mol. The van der Waals surface area contributed by atoms with Crippen LogP contribution in [0.3, 0.4) is 0 Å². The van der Waals surface area contributed by atoms with Gasteiger partial charge in [-0.1, -0.05) is 20.8 Å². The highest BCUT2D eigenvalue weighted by Crippen LogP contribution is 2.25. The number of hydrogen-bond acceptors (Lipinski definition) is 4. The maximum absolute atomic E-state index is 4.62. The van der Waals surface area contributed by atoms with Crippen LogP contribution in [0.1, 0.15) is 31.3 Å². The van der Waals surface area contributed by atoms with E-state index in [1.54, 1.807) is 11.3 Å². The molecule has 0 bridgehead atoms. The van der Waals surface area contributed by atoms with Crippen LogP contribution in [0.15, 0.2) is 0 Å². The van der Waals surface area contributed by atoms with Gasteiger partial charge in [0.1, 0.15) is 0 Å². The summed E-state index contributed by atoms with van der Waals surface area (Å²) in [4.78, 5) is 8.22. The van der Waals surface area contributed by atoms with E-state index >= 15 is 0 Å². The summed E-state index contributed by atoms with van der Waals surface area (Å²) in [5.41, 5.74) is 1.16. The molecule has 0 radical (unpaired) electrons. The highest BCUT2D eigenvalue weighted by Gasteiger charge is 2.11. The number of aromatic nitrogens is 1. The van der Waals surface area contributed by atoms with E-state index in [2.05, 4.69) is 49.9 Å². The summed E-state index contributed by atoms with van der Waals surface area (Å²) in [7, 11) is 2.12. The van der Waals surface area contributed by atoms with Crippen molar-refractivity contribution in [2.24, 2.45) is 5.92 Å². The second-order valence-electron chi connectivity index (χ2n) is 4.56. The molecule has 4 heteroatoms. The highest BCUT2D eigenvalue weighted by molar-refractivity contribution is 7.15. The fourth-order valence-corrected chi connectivity index (χ4v) is 2.61. The largest absolute Gasteiger partial charge is 0.351 e. The predicted octanol–water partition coefficient (Wildman–Crippen LogP) is 2.65. The Hall–Kier alpha value is -0.610. The molecule has 0 aliphatic carbocycles. The summed E-state index contributed by atoms with van der Waals surface area (Å²) in [5.74, 6) is 0.673. The van der Waals surface area contributed by atoms with Crippen molar-refractivity contribution in [1.29, 1.82) is 0 Å². The maximum atomic E-state index is 4.62. The van der Waals surface area contributed by atoms with Crippen LogP contribution in [-0.2, 0) is 6.54 Å². The van der Waals surface area contributed by atoms with Crippen molar-refractivity contribution in [1.82, 2.24) is 10.3 Å². The molecule has 0 atom stereocenters. The summed E-state index contributed by atoms with van der Waals surface area (Å²) in [6.45, 7) is 11.7. The molecule has 92 valence electrons. The van der Waals surface area contributed by atoms with Gasteiger partial charge < -0.3 is 10.2 Å². The van der Waals surface area contributed by atoms with Gasteiger partial charge in [-0.25, -0.2) is 4.98 Å². The lowest BCUT2D eigenvalue weighted by Crippen LogP contribution is -2.22. The van der Waals surface area contributed by atoms with Gasteiger partial charge in [-0.15, -0.1) is 11.3 Å². The molecule has 0 aliphatic rings. The van der Waals surface area contributed by atoms with Gasteiger partial charge in [0.2, 0.25) is 0 Å². The van der Waals surface area contributed by atoms with E-state index in [1.807, 2.05) is 0 Å². The minimum absolute atomic E-state index is 0.673. The summed E-state index contributed by atoms with van der Waals surface area (Å²) in [6, 6.07) is 0. The number of nitrogens with one attached hydrogen (secondary N) is 1. The van der Waals surface area contributed by atoms with Crippen molar-refractivity contribution in [3.8, 4) is 0 Å². The third kappa shape index (κ3) is 3.76.